The molecule has 0 saturated heterocycles. The van der Waals surface area contributed by atoms with Gasteiger partial charge < -0.3 is 4.40 Å². The van der Waals surface area contributed by atoms with Crippen molar-refractivity contribution >= 4 is 81.7 Å². The van der Waals surface area contributed by atoms with E-state index >= 15 is 0 Å². The zero-order chi connectivity index (χ0) is 36.2. The lowest BCUT2D eigenvalue weighted by atomic mass is 9.81. The summed E-state index contributed by atoms with van der Waals surface area (Å²) in [5.41, 5.74) is 14.8. The van der Waals surface area contributed by atoms with E-state index in [2.05, 4.69) is 181 Å². The quantitative estimate of drug-likeness (QED) is 0.168. The molecule has 4 aromatic heterocycles. The minimum absolute atomic E-state index is 0.241. The highest BCUT2D eigenvalue weighted by molar-refractivity contribution is 6.32. The summed E-state index contributed by atoms with van der Waals surface area (Å²) < 4.78 is 5.03. The number of benzene rings is 8. The van der Waals surface area contributed by atoms with Crippen molar-refractivity contribution in [2.24, 2.45) is 0 Å². The largest absolute Gasteiger partial charge is 0.308 e. The molecular formula is C51H32N4. The molecule has 0 atom stereocenters. The fourth-order valence-electron chi connectivity index (χ4n) is 10.3. The zero-order valence-electron chi connectivity index (χ0n) is 30.3. The minimum atomic E-state index is -0.241. The van der Waals surface area contributed by atoms with Crippen LogP contribution in [0, 0.1) is 0 Å². The van der Waals surface area contributed by atoms with Gasteiger partial charge in [-0.05, 0) is 57.3 Å². The number of hydrogen-bond donors (Lipinski definition) is 0. The molecule has 8 aromatic carbocycles. The summed E-state index contributed by atoms with van der Waals surface area (Å²) in [6, 6.07) is 57.5. The zero-order valence-corrected chi connectivity index (χ0v) is 30.3. The molecule has 0 aliphatic heterocycles. The van der Waals surface area contributed by atoms with Gasteiger partial charge in [0.15, 0.2) is 5.82 Å². The van der Waals surface area contributed by atoms with E-state index < -0.39 is 0 Å². The summed E-state index contributed by atoms with van der Waals surface area (Å²) in [4.78, 5) is 11.2. The van der Waals surface area contributed by atoms with Crippen LogP contribution in [0.4, 0.5) is 0 Å². The fourth-order valence-corrected chi connectivity index (χ4v) is 10.3. The Morgan fingerprint density at radius 3 is 2.07 bits per heavy atom. The van der Waals surface area contributed by atoms with Gasteiger partial charge in [-0.2, -0.15) is 0 Å². The van der Waals surface area contributed by atoms with E-state index in [0.717, 1.165) is 49.9 Å². The van der Waals surface area contributed by atoms with Crippen LogP contribution in [0.1, 0.15) is 25.0 Å². The predicted molar refractivity (Wildman–Crippen MR) is 229 cm³/mol. The molecule has 0 unspecified atom stereocenters. The Labute approximate surface area is 315 Å². The van der Waals surface area contributed by atoms with E-state index in [0.29, 0.717) is 0 Å². The van der Waals surface area contributed by atoms with Gasteiger partial charge >= 0.3 is 0 Å². The Hall–Kier alpha value is -7.04. The number of nitrogens with zero attached hydrogens (tertiary/aromatic N) is 4. The second-order valence-electron chi connectivity index (χ2n) is 15.7. The SMILES string of the molecule is CC1(C)c2ccccc2-c2cc3c4c5c(cccc5n3-c3nc5ccc6ccccc6c5nc3-c3ccccc3)c3cccc5c6ccccc6n(c4c21)c35. The van der Waals surface area contributed by atoms with E-state index in [-0.39, 0.29) is 5.41 Å². The molecule has 12 aromatic rings. The predicted octanol–water partition coefficient (Wildman–Crippen LogP) is 13.0. The summed E-state index contributed by atoms with van der Waals surface area (Å²) in [6.45, 7) is 4.82. The molecule has 55 heavy (non-hydrogen) atoms. The lowest BCUT2D eigenvalue weighted by Crippen LogP contribution is -2.16. The Balaban J connectivity index is 1.33. The molecule has 4 heterocycles. The maximum absolute atomic E-state index is 5.63. The molecule has 0 saturated carbocycles. The van der Waals surface area contributed by atoms with Crippen molar-refractivity contribution in [3.8, 4) is 28.2 Å². The van der Waals surface area contributed by atoms with Crippen LogP contribution in [0.2, 0.25) is 0 Å². The van der Waals surface area contributed by atoms with Crippen LogP contribution in [-0.4, -0.2) is 18.9 Å². The third kappa shape index (κ3) is 3.57. The standard InChI is InChI=1S/C51H32N4/c1-51(2)38-23-10-8-18-32(38)37-28-42-44-43-34(36-22-12-21-35-33-19-9-11-24-40(33)55(48(35)36)49(44)45(37)51)20-13-25-41(43)54(42)50-46(30-15-4-3-5-16-30)53-47-31-17-7-6-14-29(31)26-27-39(47)52-50/h3-28H,1-2H3. The summed E-state index contributed by atoms with van der Waals surface area (Å²) in [6.07, 6.45) is 0. The van der Waals surface area contributed by atoms with Crippen LogP contribution < -0.4 is 0 Å². The minimum Gasteiger partial charge on any atom is -0.308 e. The second-order valence-corrected chi connectivity index (χ2v) is 15.7. The topological polar surface area (TPSA) is 35.1 Å². The van der Waals surface area contributed by atoms with E-state index in [1.807, 2.05) is 0 Å². The van der Waals surface area contributed by atoms with E-state index in [9.17, 15) is 0 Å². The van der Waals surface area contributed by atoms with Gasteiger partial charge in [0.1, 0.15) is 5.69 Å². The Morgan fingerprint density at radius 1 is 0.491 bits per heavy atom. The van der Waals surface area contributed by atoms with Crippen molar-refractivity contribution < 1.29 is 0 Å². The smallest absolute Gasteiger partial charge is 0.165 e. The van der Waals surface area contributed by atoms with Gasteiger partial charge in [-0.3, -0.25) is 4.57 Å². The molecule has 0 amide bonds. The maximum Gasteiger partial charge on any atom is 0.165 e. The summed E-state index contributed by atoms with van der Waals surface area (Å²) in [5, 5.41) is 9.80. The molecule has 4 nitrogen and oxygen atoms in total. The Bertz CT molecular complexity index is 3620. The van der Waals surface area contributed by atoms with Gasteiger partial charge in [0.2, 0.25) is 0 Å². The number of fused-ring (bicyclic) bond motifs is 12. The van der Waals surface area contributed by atoms with Crippen LogP contribution in [0.15, 0.2) is 158 Å². The average Bonchev–Trinajstić information content (AvgIpc) is 3.79. The third-order valence-corrected chi connectivity index (χ3v) is 12.6. The molecule has 0 radical (unpaired) electrons. The first-order valence-corrected chi connectivity index (χ1v) is 19.1. The Morgan fingerprint density at radius 2 is 1.18 bits per heavy atom. The van der Waals surface area contributed by atoms with E-state index in [1.54, 1.807) is 0 Å². The van der Waals surface area contributed by atoms with Crippen molar-refractivity contribution in [3.05, 3.63) is 169 Å². The van der Waals surface area contributed by atoms with Crippen LogP contribution >= 0.6 is 0 Å². The highest BCUT2D eigenvalue weighted by Gasteiger charge is 2.40. The van der Waals surface area contributed by atoms with Crippen molar-refractivity contribution in [1.82, 2.24) is 18.9 Å². The molecule has 0 spiro atoms. The van der Waals surface area contributed by atoms with E-state index in [1.165, 1.54) is 71.1 Å². The lowest BCUT2D eigenvalue weighted by molar-refractivity contribution is 0.664. The maximum atomic E-state index is 5.63. The lowest BCUT2D eigenvalue weighted by Gasteiger charge is -2.23. The van der Waals surface area contributed by atoms with Gasteiger partial charge in [-0.1, -0.05) is 147 Å². The molecule has 0 N–H and O–H groups in total. The highest BCUT2D eigenvalue weighted by Crippen LogP contribution is 2.55. The van der Waals surface area contributed by atoms with Gasteiger partial charge in [0.25, 0.3) is 0 Å². The van der Waals surface area contributed by atoms with Gasteiger partial charge in [0.05, 0.1) is 38.6 Å². The third-order valence-electron chi connectivity index (χ3n) is 12.6. The molecule has 0 fully saturated rings. The Kier molecular flexibility index (Phi) is 5.42. The van der Waals surface area contributed by atoms with Gasteiger partial charge in [-0.15, -0.1) is 0 Å². The number of hydrogen-bond acceptors (Lipinski definition) is 2. The molecule has 13 rings (SSSR count). The monoisotopic (exact) mass is 700 g/mol. The summed E-state index contributed by atoms with van der Waals surface area (Å²) in [7, 11) is 0. The first-order valence-electron chi connectivity index (χ1n) is 19.1. The van der Waals surface area contributed by atoms with Crippen molar-refractivity contribution in [2.45, 2.75) is 19.3 Å². The number of aromatic nitrogens is 4. The molecule has 4 heteroatoms. The molecular weight excluding hydrogens is 669 g/mol. The van der Waals surface area contributed by atoms with Crippen LogP contribution in [0.25, 0.3) is 110 Å². The van der Waals surface area contributed by atoms with Crippen LogP contribution in [-0.2, 0) is 5.41 Å². The van der Waals surface area contributed by atoms with Crippen LogP contribution in [0.3, 0.4) is 0 Å². The van der Waals surface area contributed by atoms with Gasteiger partial charge in [0, 0.05) is 43.3 Å². The number of rotatable bonds is 2. The average molecular weight is 701 g/mol. The highest BCUT2D eigenvalue weighted by atomic mass is 15.1. The van der Waals surface area contributed by atoms with E-state index in [4.69, 9.17) is 9.97 Å². The summed E-state index contributed by atoms with van der Waals surface area (Å²) >= 11 is 0. The molecule has 1 aliphatic carbocycles. The van der Waals surface area contributed by atoms with Crippen molar-refractivity contribution in [2.75, 3.05) is 0 Å². The number of para-hydroxylation sites is 2. The molecule has 1 aliphatic rings. The van der Waals surface area contributed by atoms with Crippen LogP contribution in [0.5, 0.6) is 0 Å². The second kappa shape index (κ2) is 10.1. The molecule has 256 valence electrons. The van der Waals surface area contributed by atoms with Crippen molar-refractivity contribution in [3.63, 3.8) is 0 Å². The normalized spacial score (nSPS) is 13.8. The first kappa shape index (κ1) is 29.4. The summed E-state index contributed by atoms with van der Waals surface area (Å²) in [5.74, 6) is 0.832. The first-order chi connectivity index (χ1) is 27.1. The van der Waals surface area contributed by atoms with Gasteiger partial charge in [-0.25, -0.2) is 9.97 Å². The fraction of sp³-hybridized carbons (Fsp3) is 0.0588. The van der Waals surface area contributed by atoms with Crippen molar-refractivity contribution in [1.29, 1.82) is 0 Å². The molecule has 0 bridgehead atoms.